The van der Waals surface area contributed by atoms with Crippen molar-refractivity contribution in [1.82, 2.24) is 10.3 Å². The molecule has 0 atom stereocenters. The lowest BCUT2D eigenvalue weighted by molar-refractivity contribution is 0.311. The van der Waals surface area contributed by atoms with E-state index in [2.05, 4.69) is 34.5 Å². The molecule has 0 saturated heterocycles. The van der Waals surface area contributed by atoms with E-state index in [-0.39, 0.29) is 0 Å². The molecule has 0 unspecified atom stereocenters. The predicted octanol–water partition coefficient (Wildman–Crippen LogP) is 3.94. The molecule has 0 aliphatic heterocycles. The van der Waals surface area contributed by atoms with Gasteiger partial charge in [-0.15, -0.1) is 11.3 Å². The molecule has 26 heavy (non-hydrogen) atoms. The average Bonchev–Trinajstić information content (AvgIpc) is 3.05. The van der Waals surface area contributed by atoms with Crippen LogP contribution in [0.25, 0.3) is 0 Å². The zero-order chi connectivity index (χ0) is 18.9. The minimum atomic E-state index is 0.580. The van der Waals surface area contributed by atoms with Crippen molar-refractivity contribution in [1.29, 1.82) is 0 Å². The fraction of sp³-hybridized carbons (Fsp3) is 0.474. The van der Waals surface area contributed by atoms with Gasteiger partial charge < -0.3 is 20.1 Å². The Bertz CT molecular complexity index is 728. The lowest BCUT2D eigenvalue weighted by Crippen LogP contribution is -2.29. The molecule has 0 amide bonds. The highest BCUT2D eigenvalue weighted by Gasteiger charge is 2.08. The number of rotatable bonds is 8. The molecule has 1 heterocycles. The monoisotopic (exact) mass is 376 g/mol. The SMILES string of the molecule is CCOc1cc(NC(=NC)NCc2cnc(CC(C)C)s2)ccc1OC. The zero-order valence-electron chi connectivity index (χ0n) is 16.1. The maximum absolute atomic E-state index is 5.62. The number of thiazole rings is 1. The van der Waals surface area contributed by atoms with E-state index in [1.807, 2.05) is 31.3 Å². The van der Waals surface area contributed by atoms with Gasteiger partial charge in [0.2, 0.25) is 0 Å². The molecule has 0 fully saturated rings. The van der Waals surface area contributed by atoms with Gasteiger partial charge in [0.05, 0.1) is 25.3 Å². The van der Waals surface area contributed by atoms with Gasteiger partial charge >= 0.3 is 0 Å². The quantitative estimate of drug-likeness (QED) is 0.540. The smallest absolute Gasteiger partial charge is 0.195 e. The number of methoxy groups -OCH3 is 1. The minimum Gasteiger partial charge on any atom is -0.493 e. The Morgan fingerprint density at radius 2 is 2.12 bits per heavy atom. The summed E-state index contributed by atoms with van der Waals surface area (Å²) in [6.45, 7) is 7.62. The van der Waals surface area contributed by atoms with Crippen LogP contribution in [0.3, 0.4) is 0 Å². The van der Waals surface area contributed by atoms with E-state index in [1.54, 1.807) is 25.5 Å². The fourth-order valence-electron chi connectivity index (χ4n) is 2.38. The molecule has 1 aromatic carbocycles. The summed E-state index contributed by atoms with van der Waals surface area (Å²) in [5.41, 5.74) is 0.882. The number of nitrogens with one attached hydrogen (secondary N) is 2. The van der Waals surface area contributed by atoms with E-state index in [0.29, 0.717) is 36.5 Å². The maximum atomic E-state index is 5.62. The highest BCUT2D eigenvalue weighted by molar-refractivity contribution is 7.11. The summed E-state index contributed by atoms with van der Waals surface area (Å²) in [4.78, 5) is 9.95. The summed E-state index contributed by atoms with van der Waals surface area (Å²) < 4.78 is 10.9. The van der Waals surface area contributed by atoms with Gasteiger partial charge in [-0.25, -0.2) is 4.98 Å². The molecule has 1 aromatic heterocycles. The summed E-state index contributed by atoms with van der Waals surface area (Å²) in [5, 5.41) is 7.77. The van der Waals surface area contributed by atoms with Crippen LogP contribution in [0.2, 0.25) is 0 Å². The molecule has 2 aromatic rings. The van der Waals surface area contributed by atoms with Gasteiger partial charge in [-0.05, 0) is 25.0 Å². The Labute approximate surface area is 159 Å². The Balaban J connectivity index is 1.97. The highest BCUT2D eigenvalue weighted by atomic mass is 32.1. The molecule has 0 aliphatic carbocycles. The van der Waals surface area contributed by atoms with Crippen LogP contribution in [0, 0.1) is 5.92 Å². The van der Waals surface area contributed by atoms with E-state index in [4.69, 9.17) is 9.47 Å². The van der Waals surface area contributed by atoms with Crippen molar-refractivity contribution in [2.45, 2.75) is 33.7 Å². The van der Waals surface area contributed by atoms with E-state index >= 15 is 0 Å². The third-order valence-corrected chi connectivity index (χ3v) is 4.58. The summed E-state index contributed by atoms with van der Waals surface area (Å²) in [5.74, 6) is 2.72. The number of aliphatic imine (C=N–C) groups is 1. The average molecular weight is 377 g/mol. The van der Waals surface area contributed by atoms with Gasteiger partial charge in [0, 0.05) is 36.3 Å². The van der Waals surface area contributed by atoms with Crippen molar-refractivity contribution in [2.75, 3.05) is 26.1 Å². The lowest BCUT2D eigenvalue weighted by Gasteiger charge is -2.14. The molecule has 2 rings (SSSR count). The fourth-order valence-corrected chi connectivity index (χ4v) is 3.46. The molecule has 0 radical (unpaired) electrons. The Kier molecular flexibility index (Phi) is 7.72. The second-order valence-corrected chi connectivity index (χ2v) is 7.37. The number of guanidine groups is 1. The standard InChI is InChI=1S/C19H28N4O2S/c1-6-25-17-10-14(7-8-16(17)24-5)23-19(20-4)22-12-15-11-21-18(26-15)9-13(2)3/h7-8,10-11,13H,6,9,12H2,1-5H3,(H2,20,22,23). The number of anilines is 1. The molecule has 7 heteroatoms. The highest BCUT2D eigenvalue weighted by Crippen LogP contribution is 2.30. The van der Waals surface area contributed by atoms with Crippen LogP contribution in [-0.4, -0.2) is 31.7 Å². The molecular weight excluding hydrogens is 348 g/mol. The van der Waals surface area contributed by atoms with E-state index in [0.717, 1.165) is 12.1 Å². The normalized spacial score (nSPS) is 11.5. The van der Waals surface area contributed by atoms with Crippen molar-refractivity contribution in [2.24, 2.45) is 10.9 Å². The molecule has 0 bridgehead atoms. The largest absolute Gasteiger partial charge is 0.493 e. The van der Waals surface area contributed by atoms with Gasteiger partial charge in [-0.2, -0.15) is 0 Å². The van der Waals surface area contributed by atoms with Crippen molar-refractivity contribution < 1.29 is 9.47 Å². The second-order valence-electron chi connectivity index (χ2n) is 6.17. The maximum Gasteiger partial charge on any atom is 0.195 e. The number of hydrogen-bond donors (Lipinski definition) is 2. The van der Waals surface area contributed by atoms with Crippen LogP contribution in [0.4, 0.5) is 5.69 Å². The number of hydrogen-bond acceptors (Lipinski definition) is 5. The van der Waals surface area contributed by atoms with Gasteiger partial charge in [0.15, 0.2) is 17.5 Å². The topological polar surface area (TPSA) is 67.8 Å². The first-order valence-corrected chi connectivity index (χ1v) is 9.59. The van der Waals surface area contributed by atoms with Gasteiger partial charge in [-0.3, -0.25) is 4.99 Å². The van der Waals surface area contributed by atoms with Gasteiger partial charge in [-0.1, -0.05) is 13.8 Å². The van der Waals surface area contributed by atoms with Crippen LogP contribution in [-0.2, 0) is 13.0 Å². The first-order chi connectivity index (χ1) is 12.5. The Morgan fingerprint density at radius 3 is 2.77 bits per heavy atom. The molecule has 2 N–H and O–H groups in total. The Hall–Kier alpha value is -2.28. The lowest BCUT2D eigenvalue weighted by atomic mass is 10.1. The van der Waals surface area contributed by atoms with Gasteiger partial charge in [0.1, 0.15) is 0 Å². The summed E-state index contributed by atoms with van der Waals surface area (Å²) >= 11 is 1.74. The molecule has 0 spiro atoms. The van der Waals surface area contributed by atoms with Crippen molar-refractivity contribution in [3.63, 3.8) is 0 Å². The van der Waals surface area contributed by atoms with Gasteiger partial charge in [0.25, 0.3) is 0 Å². The van der Waals surface area contributed by atoms with E-state index < -0.39 is 0 Å². The number of benzene rings is 1. The summed E-state index contributed by atoms with van der Waals surface area (Å²) in [6.07, 6.45) is 2.95. The van der Waals surface area contributed by atoms with Crippen LogP contribution < -0.4 is 20.1 Å². The van der Waals surface area contributed by atoms with E-state index in [1.165, 1.54) is 9.88 Å². The minimum absolute atomic E-state index is 0.580. The molecular formula is C19H28N4O2S. The zero-order valence-corrected chi connectivity index (χ0v) is 16.9. The predicted molar refractivity (Wildman–Crippen MR) is 109 cm³/mol. The van der Waals surface area contributed by atoms with E-state index in [9.17, 15) is 0 Å². The first-order valence-electron chi connectivity index (χ1n) is 8.77. The van der Waals surface area contributed by atoms with Crippen molar-refractivity contribution in [3.05, 3.63) is 34.3 Å². The molecule has 142 valence electrons. The Morgan fingerprint density at radius 1 is 1.31 bits per heavy atom. The summed E-state index contributed by atoms with van der Waals surface area (Å²) in [6, 6.07) is 5.71. The van der Waals surface area contributed by atoms with Crippen molar-refractivity contribution >= 4 is 23.0 Å². The number of nitrogens with zero attached hydrogens (tertiary/aromatic N) is 2. The van der Waals surface area contributed by atoms with Crippen LogP contribution >= 0.6 is 11.3 Å². The van der Waals surface area contributed by atoms with Crippen molar-refractivity contribution in [3.8, 4) is 11.5 Å². The first kappa shape index (κ1) is 20.0. The number of aromatic nitrogens is 1. The molecule has 0 saturated carbocycles. The molecule has 0 aliphatic rings. The number of ether oxygens (including phenoxy) is 2. The summed E-state index contributed by atoms with van der Waals surface area (Å²) in [7, 11) is 3.38. The third kappa shape index (κ3) is 5.91. The van der Waals surface area contributed by atoms with Crippen LogP contribution in [0.15, 0.2) is 29.4 Å². The van der Waals surface area contributed by atoms with Crippen LogP contribution in [0.5, 0.6) is 11.5 Å². The molecule has 6 nitrogen and oxygen atoms in total. The third-order valence-electron chi connectivity index (χ3n) is 3.56. The van der Waals surface area contributed by atoms with Crippen LogP contribution in [0.1, 0.15) is 30.7 Å². The second kappa shape index (κ2) is 10.0.